The van der Waals surface area contributed by atoms with E-state index >= 15 is 0 Å². The predicted octanol–water partition coefficient (Wildman–Crippen LogP) is 4.63. The highest BCUT2D eigenvalue weighted by Crippen LogP contribution is 2.18. The number of phenols is 1. The molecule has 0 aromatic heterocycles. The lowest BCUT2D eigenvalue weighted by Gasteiger charge is -2.12. The number of hydrogen-bond acceptors (Lipinski definition) is 3. The van der Waals surface area contributed by atoms with Gasteiger partial charge in [-0.25, -0.2) is 0 Å². The molecule has 4 aromatic rings. The Kier molecular flexibility index (Phi) is 6.28. The van der Waals surface area contributed by atoms with Gasteiger partial charge in [0, 0.05) is 12.1 Å². The lowest BCUT2D eigenvalue weighted by molar-refractivity contribution is -0.117. The number of rotatable bonds is 6. The van der Waals surface area contributed by atoms with Crippen LogP contribution in [0.5, 0.6) is 5.75 Å². The van der Waals surface area contributed by atoms with Crippen molar-refractivity contribution in [3.05, 3.63) is 119 Å². The summed E-state index contributed by atoms with van der Waals surface area (Å²) in [6.45, 7) is 0.314. The molecule has 0 saturated carbocycles. The molecule has 0 heterocycles. The largest absolute Gasteiger partial charge is 0.508 e. The van der Waals surface area contributed by atoms with Crippen LogP contribution in [0.1, 0.15) is 21.5 Å². The van der Waals surface area contributed by atoms with Crippen molar-refractivity contribution in [2.75, 3.05) is 0 Å². The molecule has 0 aliphatic carbocycles. The van der Waals surface area contributed by atoms with Crippen LogP contribution in [0.4, 0.5) is 0 Å². The first-order chi connectivity index (χ1) is 15.6. The van der Waals surface area contributed by atoms with E-state index in [2.05, 4.69) is 10.6 Å². The second kappa shape index (κ2) is 9.62. The molecule has 3 N–H and O–H groups in total. The lowest BCUT2D eigenvalue weighted by atomic mass is 10.0. The van der Waals surface area contributed by atoms with Crippen LogP contribution in [0, 0.1) is 0 Å². The third kappa shape index (κ3) is 5.02. The summed E-state index contributed by atoms with van der Waals surface area (Å²) in [7, 11) is 0. The number of fused-ring (bicyclic) bond motifs is 1. The van der Waals surface area contributed by atoms with Crippen LogP contribution >= 0.6 is 0 Å². The van der Waals surface area contributed by atoms with Gasteiger partial charge in [-0.15, -0.1) is 0 Å². The first-order valence-corrected chi connectivity index (χ1v) is 10.2. The Balaban J connectivity index is 1.57. The second-order valence-electron chi connectivity index (χ2n) is 7.29. The standard InChI is InChI=1S/C27H22N2O3/c30-23-15-13-19(14-16-23)17-25(29-26(31)21-8-2-1-3-9-21)27(32)28-18-22-11-6-10-20-7-4-5-12-24(20)22/h1-17,30H,18H2,(H,28,32)(H,29,31)/b25-17-. The van der Waals surface area contributed by atoms with Crippen LogP contribution in [-0.2, 0) is 11.3 Å². The summed E-state index contributed by atoms with van der Waals surface area (Å²) in [4.78, 5) is 25.7. The van der Waals surface area contributed by atoms with E-state index in [-0.39, 0.29) is 17.4 Å². The molecule has 0 spiro atoms. The minimum atomic E-state index is -0.407. The predicted molar refractivity (Wildman–Crippen MR) is 126 cm³/mol. The smallest absolute Gasteiger partial charge is 0.268 e. The van der Waals surface area contributed by atoms with Crippen molar-refractivity contribution < 1.29 is 14.7 Å². The molecule has 4 aromatic carbocycles. The number of nitrogens with one attached hydrogen (secondary N) is 2. The number of aromatic hydroxyl groups is 1. The summed E-state index contributed by atoms with van der Waals surface area (Å²) in [5, 5.41) is 17.3. The molecule has 0 bridgehead atoms. The van der Waals surface area contributed by atoms with E-state index < -0.39 is 5.91 Å². The van der Waals surface area contributed by atoms with Crippen LogP contribution in [0.25, 0.3) is 16.8 Å². The average Bonchev–Trinajstić information content (AvgIpc) is 2.84. The van der Waals surface area contributed by atoms with Crippen LogP contribution in [-0.4, -0.2) is 16.9 Å². The molecule has 5 nitrogen and oxygen atoms in total. The van der Waals surface area contributed by atoms with Gasteiger partial charge in [0.1, 0.15) is 11.4 Å². The fourth-order valence-electron chi connectivity index (χ4n) is 3.40. The molecule has 0 unspecified atom stereocenters. The first kappa shape index (κ1) is 20.9. The highest BCUT2D eigenvalue weighted by atomic mass is 16.3. The summed E-state index contributed by atoms with van der Waals surface area (Å²) in [5.74, 6) is -0.663. The lowest BCUT2D eigenvalue weighted by Crippen LogP contribution is -2.34. The van der Waals surface area contributed by atoms with Gasteiger partial charge < -0.3 is 15.7 Å². The van der Waals surface area contributed by atoms with Crippen LogP contribution in [0.15, 0.2) is 103 Å². The monoisotopic (exact) mass is 422 g/mol. The molecule has 2 amide bonds. The molecule has 0 atom stereocenters. The fourth-order valence-corrected chi connectivity index (χ4v) is 3.40. The van der Waals surface area contributed by atoms with Gasteiger partial charge in [-0.1, -0.05) is 72.8 Å². The normalized spacial score (nSPS) is 11.2. The number of benzene rings is 4. The van der Waals surface area contributed by atoms with Gasteiger partial charge in [-0.2, -0.15) is 0 Å². The Labute approximate surface area is 186 Å². The third-order valence-electron chi connectivity index (χ3n) is 5.05. The van der Waals surface area contributed by atoms with E-state index in [1.807, 2.05) is 48.5 Å². The molecule has 32 heavy (non-hydrogen) atoms. The Morgan fingerprint density at radius 2 is 1.47 bits per heavy atom. The number of hydrogen-bond donors (Lipinski definition) is 3. The Morgan fingerprint density at radius 1 is 0.781 bits per heavy atom. The number of phenolic OH excluding ortho intramolecular Hbond substituents is 1. The quantitative estimate of drug-likeness (QED) is 0.396. The number of carbonyl (C=O) groups is 2. The Bertz CT molecular complexity index is 1270. The van der Waals surface area contributed by atoms with Gasteiger partial charge in [0.2, 0.25) is 0 Å². The van der Waals surface area contributed by atoms with E-state index in [1.165, 1.54) is 12.1 Å². The van der Waals surface area contributed by atoms with Crippen molar-refractivity contribution in [2.45, 2.75) is 6.54 Å². The number of carbonyl (C=O) groups excluding carboxylic acids is 2. The Hall–Kier alpha value is -4.38. The summed E-state index contributed by atoms with van der Waals surface area (Å²) in [6, 6.07) is 29.0. The second-order valence-corrected chi connectivity index (χ2v) is 7.29. The van der Waals surface area contributed by atoms with Crippen molar-refractivity contribution in [3.63, 3.8) is 0 Å². The summed E-state index contributed by atoms with van der Waals surface area (Å²) in [6.07, 6.45) is 1.58. The molecular weight excluding hydrogens is 400 g/mol. The zero-order chi connectivity index (χ0) is 22.3. The fraction of sp³-hybridized carbons (Fsp3) is 0.0370. The van der Waals surface area contributed by atoms with Crippen LogP contribution in [0.2, 0.25) is 0 Å². The van der Waals surface area contributed by atoms with E-state index in [1.54, 1.807) is 42.5 Å². The number of amides is 2. The molecule has 0 aliphatic rings. The highest BCUT2D eigenvalue weighted by molar-refractivity contribution is 6.05. The maximum atomic E-state index is 13.0. The van der Waals surface area contributed by atoms with E-state index in [0.717, 1.165) is 16.3 Å². The molecule has 4 rings (SSSR count). The van der Waals surface area contributed by atoms with Crippen molar-refractivity contribution in [2.24, 2.45) is 0 Å². The molecular formula is C27H22N2O3. The van der Waals surface area contributed by atoms with Crippen molar-refractivity contribution >= 4 is 28.7 Å². The summed E-state index contributed by atoms with van der Waals surface area (Å²) < 4.78 is 0. The summed E-state index contributed by atoms with van der Waals surface area (Å²) >= 11 is 0. The van der Waals surface area contributed by atoms with E-state index in [0.29, 0.717) is 17.7 Å². The SMILES string of the molecule is O=C(NCc1cccc2ccccc12)/C(=C/c1ccc(O)cc1)NC(=O)c1ccccc1. The molecule has 0 radical (unpaired) electrons. The van der Waals surface area contributed by atoms with Gasteiger partial charge in [0.25, 0.3) is 11.8 Å². The first-order valence-electron chi connectivity index (χ1n) is 10.2. The van der Waals surface area contributed by atoms with E-state index in [9.17, 15) is 14.7 Å². The van der Waals surface area contributed by atoms with Crippen LogP contribution < -0.4 is 10.6 Å². The van der Waals surface area contributed by atoms with E-state index in [4.69, 9.17) is 0 Å². The van der Waals surface area contributed by atoms with Gasteiger partial charge in [-0.3, -0.25) is 9.59 Å². The maximum Gasteiger partial charge on any atom is 0.268 e. The zero-order valence-corrected chi connectivity index (χ0v) is 17.3. The maximum absolute atomic E-state index is 13.0. The summed E-state index contributed by atoms with van der Waals surface area (Å²) in [5.41, 5.74) is 2.22. The molecule has 0 fully saturated rings. The molecule has 158 valence electrons. The van der Waals surface area contributed by atoms with Gasteiger partial charge in [0.05, 0.1) is 0 Å². The zero-order valence-electron chi connectivity index (χ0n) is 17.3. The molecule has 0 saturated heterocycles. The van der Waals surface area contributed by atoms with Gasteiger partial charge in [0.15, 0.2) is 0 Å². The minimum Gasteiger partial charge on any atom is -0.508 e. The Morgan fingerprint density at radius 3 is 2.25 bits per heavy atom. The van der Waals surface area contributed by atoms with Crippen molar-refractivity contribution in [1.29, 1.82) is 0 Å². The minimum absolute atomic E-state index is 0.116. The average molecular weight is 422 g/mol. The molecule has 0 aliphatic heterocycles. The topological polar surface area (TPSA) is 78.4 Å². The van der Waals surface area contributed by atoms with Crippen molar-refractivity contribution in [1.82, 2.24) is 10.6 Å². The van der Waals surface area contributed by atoms with Gasteiger partial charge in [-0.05, 0) is 52.2 Å². The molecule has 5 heteroatoms. The van der Waals surface area contributed by atoms with Gasteiger partial charge >= 0.3 is 0 Å². The third-order valence-corrected chi connectivity index (χ3v) is 5.05. The van der Waals surface area contributed by atoms with Crippen molar-refractivity contribution in [3.8, 4) is 5.75 Å². The highest BCUT2D eigenvalue weighted by Gasteiger charge is 2.15. The van der Waals surface area contributed by atoms with Crippen LogP contribution in [0.3, 0.4) is 0 Å².